The number of thioether (sulfide) groups is 1. The molecule has 0 aliphatic rings. The van der Waals surface area contributed by atoms with Gasteiger partial charge in [-0.25, -0.2) is 4.98 Å². The van der Waals surface area contributed by atoms with Crippen LogP contribution in [0.25, 0.3) is 10.9 Å². The van der Waals surface area contributed by atoms with Gasteiger partial charge < -0.3 is 9.47 Å². The summed E-state index contributed by atoms with van der Waals surface area (Å²) in [5.74, 6) is -0.255. The summed E-state index contributed by atoms with van der Waals surface area (Å²) >= 11 is 1.18. The van der Waals surface area contributed by atoms with Gasteiger partial charge >= 0.3 is 5.97 Å². The molecule has 0 saturated carbocycles. The highest BCUT2D eigenvalue weighted by molar-refractivity contribution is 7.99. The van der Waals surface area contributed by atoms with Crippen LogP contribution in [0.15, 0.2) is 34.2 Å². The summed E-state index contributed by atoms with van der Waals surface area (Å²) in [5, 5.41) is 1.04. The zero-order chi connectivity index (χ0) is 15.2. The molecule has 1 aromatic carbocycles. The van der Waals surface area contributed by atoms with Gasteiger partial charge in [0.1, 0.15) is 0 Å². The Balaban J connectivity index is 2.44. The number of fused-ring (bicyclic) bond motifs is 1. The predicted molar refractivity (Wildman–Crippen MR) is 80.6 cm³/mol. The minimum absolute atomic E-state index is 0.105. The van der Waals surface area contributed by atoms with Crippen molar-refractivity contribution >= 4 is 28.6 Å². The van der Waals surface area contributed by atoms with Crippen LogP contribution < -0.4 is 5.56 Å². The summed E-state index contributed by atoms with van der Waals surface area (Å²) in [4.78, 5) is 28.2. The number of methoxy groups -OCH3 is 2. The predicted octanol–water partition coefficient (Wildman–Crippen LogP) is 1.31. The molecule has 21 heavy (non-hydrogen) atoms. The zero-order valence-corrected chi connectivity index (χ0v) is 12.7. The lowest BCUT2D eigenvalue weighted by atomic mass is 10.2. The second-order valence-corrected chi connectivity index (χ2v) is 5.17. The number of esters is 1. The minimum atomic E-state index is -0.360. The van der Waals surface area contributed by atoms with E-state index in [1.165, 1.54) is 23.4 Å². The number of benzene rings is 1. The number of ether oxygens (including phenoxy) is 2. The van der Waals surface area contributed by atoms with E-state index in [-0.39, 0.29) is 17.3 Å². The summed E-state index contributed by atoms with van der Waals surface area (Å²) in [6.07, 6.45) is 0. The SMILES string of the molecule is COCCn1c(SCC(=O)OC)nc2ccccc2c1=O. The first-order valence-corrected chi connectivity index (χ1v) is 7.34. The molecule has 0 radical (unpaired) electrons. The Morgan fingerprint density at radius 2 is 2.10 bits per heavy atom. The van der Waals surface area contributed by atoms with Crippen LogP contribution in [0.1, 0.15) is 0 Å². The maximum Gasteiger partial charge on any atom is 0.316 e. The molecule has 0 N–H and O–H groups in total. The van der Waals surface area contributed by atoms with Crippen LogP contribution in [0, 0.1) is 0 Å². The van der Waals surface area contributed by atoms with Gasteiger partial charge in [0.2, 0.25) is 0 Å². The molecule has 0 atom stereocenters. The van der Waals surface area contributed by atoms with Gasteiger partial charge in [-0.1, -0.05) is 23.9 Å². The van der Waals surface area contributed by atoms with Gasteiger partial charge in [-0.2, -0.15) is 0 Å². The highest BCUT2D eigenvalue weighted by Crippen LogP contribution is 2.17. The van der Waals surface area contributed by atoms with Gasteiger partial charge in [0.05, 0.1) is 36.9 Å². The van der Waals surface area contributed by atoms with Crippen LogP contribution in [0.5, 0.6) is 0 Å². The van der Waals surface area contributed by atoms with Crippen molar-refractivity contribution in [3.8, 4) is 0 Å². The topological polar surface area (TPSA) is 70.4 Å². The van der Waals surface area contributed by atoms with Crippen molar-refractivity contribution in [2.45, 2.75) is 11.7 Å². The largest absolute Gasteiger partial charge is 0.468 e. The van der Waals surface area contributed by atoms with E-state index in [2.05, 4.69) is 9.72 Å². The van der Waals surface area contributed by atoms with Crippen LogP contribution in [-0.2, 0) is 20.8 Å². The molecule has 2 rings (SSSR count). The number of hydrogen-bond acceptors (Lipinski definition) is 6. The molecule has 112 valence electrons. The fourth-order valence-corrected chi connectivity index (χ4v) is 2.68. The van der Waals surface area contributed by atoms with Crippen molar-refractivity contribution in [1.82, 2.24) is 9.55 Å². The average molecular weight is 308 g/mol. The average Bonchev–Trinajstić information content (AvgIpc) is 2.52. The Labute approximate surface area is 126 Å². The van der Waals surface area contributed by atoms with Crippen molar-refractivity contribution in [3.05, 3.63) is 34.6 Å². The molecule has 0 spiro atoms. The lowest BCUT2D eigenvalue weighted by Gasteiger charge is -2.12. The smallest absolute Gasteiger partial charge is 0.316 e. The van der Waals surface area contributed by atoms with Crippen molar-refractivity contribution in [3.63, 3.8) is 0 Å². The minimum Gasteiger partial charge on any atom is -0.468 e. The number of nitrogens with zero attached hydrogens (tertiary/aromatic N) is 2. The van der Waals surface area contributed by atoms with Gasteiger partial charge in [0, 0.05) is 7.11 Å². The van der Waals surface area contributed by atoms with Crippen LogP contribution in [0.4, 0.5) is 0 Å². The molecule has 0 unspecified atom stereocenters. The molecule has 0 aliphatic heterocycles. The normalized spacial score (nSPS) is 10.8. The Kier molecular flexibility index (Phi) is 5.35. The van der Waals surface area contributed by atoms with Crippen LogP contribution in [0.2, 0.25) is 0 Å². The standard InChI is InChI=1S/C14H16N2O4S/c1-19-8-7-16-13(18)10-5-3-4-6-11(10)15-14(16)21-9-12(17)20-2/h3-6H,7-9H2,1-2H3. The van der Waals surface area contributed by atoms with Crippen molar-refractivity contribution in [2.75, 3.05) is 26.6 Å². The number of carbonyl (C=O) groups is 1. The summed E-state index contributed by atoms with van der Waals surface area (Å²) < 4.78 is 11.2. The maximum absolute atomic E-state index is 12.5. The Bertz CT molecular complexity index is 699. The molecule has 0 amide bonds. The van der Waals surface area contributed by atoms with Gasteiger partial charge in [-0.3, -0.25) is 14.2 Å². The van der Waals surface area contributed by atoms with Gasteiger partial charge in [-0.15, -0.1) is 0 Å². The van der Waals surface area contributed by atoms with Crippen molar-refractivity contribution < 1.29 is 14.3 Å². The Morgan fingerprint density at radius 1 is 1.33 bits per heavy atom. The van der Waals surface area contributed by atoms with Crippen molar-refractivity contribution in [2.24, 2.45) is 0 Å². The van der Waals surface area contributed by atoms with E-state index in [0.717, 1.165) is 0 Å². The van der Waals surface area contributed by atoms with Gasteiger partial charge in [-0.05, 0) is 12.1 Å². The van der Waals surface area contributed by atoms with E-state index in [1.54, 1.807) is 25.3 Å². The van der Waals surface area contributed by atoms with Crippen LogP contribution in [0.3, 0.4) is 0 Å². The molecule has 0 fully saturated rings. The Morgan fingerprint density at radius 3 is 2.81 bits per heavy atom. The van der Waals surface area contributed by atoms with Crippen molar-refractivity contribution in [1.29, 1.82) is 0 Å². The number of carbonyl (C=O) groups excluding carboxylic acids is 1. The molecule has 1 aromatic heterocycles. The first-order chi connectivity index (χ1) is 10.2. The highest BCUT2D eigenvalue weighted by atomic mass is 32.2. The van der Waals surface area contributed by atoms with E-state index in [0.29, 0.717) is 29.2 Å². The van der Waals surface area contributed by atoms with E-state index < -0.39 is 0 Å². The number of aromatic nitrogens is 2. The van der Waals surface area contributed by atoms with E-state index in [1.807, 2.05) is 6.07 Å². The van der Waals surface area contributed by atoms with E-state index in [4.69, 9.17) is 4.74 Å². The third kappa shape index (κ3) is 3.62. The fraction of sp³-hybridized carbons (Fsp3) is 0.357. The summed E-state index contributed by atoms with van der Waals surface area (Å²) in [5.41, 5.74) is 0.480. The van der Waals surface area contributed by atoms with E-state index >= 15 is 0 Å². The monoisotopic (exact) mass is 308 g/mol. The number of hydrogen-bond donors (Lipinski definition) is 0. The van der Waals surface area contributed by atoms with Gasteiger partial charge in [0.25, 0.3) is 5.56 Å². The quantitative estimate of drug-likeness (QED) is 0.455. The first-order valence-electron chi connectivity index (χ1n) is 6.35. The highest BCUT2D eigenvalue weighted by Gasteiger charge is 2.13. The summed E-state index contributed by atoms with van der Waals surface area (Å²) in [6.45, 7) is 0.780. The summed E-state index contributed by atoms with van der Waals surface area (Å²) in [7, 11) is 2.90. The lowest BCUT2D eigenvalue weighted by molar-refractivity contribution is -0.137. The Hall–Kier alpha value is -1.86. The molecule has 7 heteroatoms. The number of para-hydroxylation sites is 1. The molecule has 2 aromatic rings. The van der Waals surface area contributed by atoms with E-state index in [9.17, 15) is 9.59 Å². The molecule has 0 saturated heterocycles. The lowest BCUT2D eigenvalue weighted by Crippen LogP contribution is -2.25. The maximum atomic E-state index is 12.5. The third-order valence-electron chi connectivity index (χ3n) is 2.89. The fourth-order valence-electron chi connectivity index (χ4n) is 1.82. The third-order valence-corrected chi connectivity index (χ3v) is 3.84. The molecular formula is C14H16N2O4S. The summed E-state index contributed by atoms with van der Waals surface area (Å²) in [6, 6.07) is 7.14. The molecule has 0 bridgehead atoms. The molecular weight excluding hydrogens is 292 g/mol. The molecule has 1 heterocycles. The molecule has 0 aliphatic carbocycles. The van der Waals surface area contributed by atoms with Gasteiger partial charge in [0.15, 0.2) is 5.16 Å². The molecule has 6 nitrogen and oxygen atoms in total. The zero-order valence-electron chi connectivity index (χ0n) is 11.9. The number of rotatable bonds is 6. The second-order valence-electron chi connectivity index (χ2n) is 4.23. The van der Waals surface area contributed by atoms with Crippen LogP contribution >= 0.6 is 11.8 Å². The van der Waals surface area contributed by atoms with Crippen LogP contribution in [-0.4, -0.2) is 42.1 Å². The second kappa shape index (κ2) is 7.24. The first kappa shape index (κ1) is 15.5.